The number of aryl methyl sites for hydroxylation is 1. The second-order valence-corrected chi connectivity index (χ2v) is 5.83. The minimum absolute atomic E-state index is 0.0926. The van der Waals surface area contributed by atoms with Crippen molar-refractivity contribution in [2.45, 2.75) is 20.8 Å². The van der Waals surface area contributed by atoms with Crippen LogP contribution in [0.5, 0.6) is 5.75 Å². The number of hydrogen-bond acceptors (Lipinski definition) is 3. The number of carbonyl (C=O) groups excluding carboxylic acids is 2. The fourth-order valence-corrected chi connectivity index (χ4v) is 2.18. The summed E-state index contributed by atoms with van der Waals surface area (Å²) < 4.78 is 5.31. The molecule has 5 heteroatoms. The summed E-state index contributed by atoms with van der Waals surface area (Å²) in [7, 11) is 1.52. The fourth-order valence-electron chi connectivity index (χ4n) is 2.18. The molecule has 2 aromatic carbocycles. The molecule has 0 aliphatic heterocycles. The van der Waals surface area contributed by atoms with Crippen LogP contribution < -0.4 is 15.4 Å². The van der Waals surface area contributed by atoms with Crippen LogP contribution in [0.4, 0.5) is 11.4 Å². The Bertz CT molecular complexity index is 754. The van der Waals surface area contributed by atoms with Crippen molar-refractivity contribution in [3.63, 3.8) is 0 Å². The Morgan fingerprint density at radius 3 is 2.38 bits per heavy atom. The number of methoxy groups -OCH3 is 1. The SMILES string of the molecule is COc1cc(NC(=O)c2ccccc2C)ccc1NC(=O)C(C)C. The lowest BCUT2D eigenvalue weighted by Crippen LogP contribution is -2.18. The van der Waals surface area contributed by atoms with Crippen LogP contribution in [0.3, 0.4) is 0 Å². The maximum Gasteiger partial charge on any atom is 0.255 e. The molecule has 2 amide bonds. The Balaban J connectivity index is 2.19. The Kier molecular flexibility index (Phi) is 5.58. The van der Waals surface area contributed by atoms with Crippen molar-refractivity contribution < 1.29 is 14.3 Å². The molecule has 2 N–H and O–H groups in total. The van der Waals surface area contributed by atoms with Gasteiger partial charge in [-0.15, -0.1) is 0 Å². The van der Waals surface area contributed by atoms with Gasteiger partial charge in [0, 0.05) is 23.2 Å². The van der Waals surface area contributed by atoms with Gasteiger partial charge in [0.05, 0.1) is 12.8 Å². The normalized spacial score (nSPS) is 10.4. The van der Waals surface area contributed by atoms with E-state index in [1.54, 1.807) is 24.3 Å². The number of nitrogens with one attached hydrogen (secondary N) is 2. The lowest BCUT2D eigenvalue weighted by Gasteiger charge is -2.14. The number of hydrogen-bond donors (Lipinski definition) is 2. The molecule has 0 fully saturated rings. The molecule has 0 unspecified atom stereocenters. The summed E-state index contributed by atoms with van der Waals surface area (Å²) in [5.74, 6) is 0.0841. The average Bonchev–Trinajstić information content (AvgIpc) is 2.56. The molecule has 0 radical (unpaired) electrons. The molecule has 0 bridgehead atoms. The molecule has 0 aliphatic rings. The highest BCUT2D eigenvalue weighted by Crippen LogP contribution is 2.28. The van der Waals surface area contributed by atoms with Crippen molar-refractivity contribution in [1.82, 2.24) is 0 Å². The van der Waals surface area contributed by atoms with Crippen molar-refractivity contribution >= 4 is 23.2 Å². The van der Waals surface area contributed by atoms with Crippen molar-refractivity contribution in [2.75, 3.05) is 17.7 Å². The van der Waals surface area contributed by atoms with Gasteiger partial charge in [0.1, 0.15) is 5.75 Å². The zero-order valence-corrected chi connectivity index (χ0v) is 14.3. The van der Waals surface area contributed by atoms with Crippen molar-refractivity contribution in [3.8, 4) is 5.75 Å². The van der Waals surface area contributed by atoms with Gasteiger partial charge in [0.15, 0.2) is 0 Å². The molecular formula is C19H22N2O3. The van der Waals surface area contributed by atoms with E-state index in [0.29, 0.717) is 22.7 Å². The van der Waals surface area contributed by atoms with Crippen LogP contribution in [0, 0.1) is 12.8 Å². The Morgan fingerprint density at radius 2 is 1.75 bits per heavy atom. The second kappa shape index (κ2) is 7.64. The first kappa shape index (κ1) is 17.5. The zero-order chi connectivity index (χ0) is 17.7. The minimum Gasteiger partial charge on any atom is -0.494 e. The molecule has 0 saturated heterocycles. The molecule has 126 valence electrons. The van der Waals surface area contributed by atoms with Crippen LogP contribution in [0.25, 0.3) is 0 Å². The van der Waals surface area contributed by atoms with Crippen LogP contribution in [0.2, 0.25) is 0 Å². The predicted molar refractivity (Wildman–Crippen MR) is 95.6 cm³/mol. The molecule has 0 heterocycles. The predicted octanol–water partition coefficient (Wildman–Crippen LogP) is 3.85. The summed E-state index contributed by atoms with van der Waals surface area (Å²) in [4.78, 5) is 24.2. The van der Waals surface area contributed by atoms with E-state index in [9.17, 15) is 9.59 Å². The molecule has 0 aromatic heterocycles. The van der Waals surface area contributed by atoms with Crippen LogP contribution in [0.15, 0.2) is 42.5 Å². The maximum absolute atomic E-state index is 12.4. The number of amides is 2. The molecule has 2 rings (SSSR count). The molecule has 24 heavy (non-hydrogen) atoms. The van der Waals surface area contributed by atoms with E-state index in [1.807, 2.05) is 39.0 Å². The van der Waals surface area contributed by atoms with Crippen LogP contribution in [-0.2, 0) is 4.79 Å². The Labute approximate surface area is 142 Å². The Morgan fingerprint density at radius 1 is 1.04 bits per heavy atom. The maximum atomic E-state index is 12.4. The molecule has 0 atom stereocenters. The first-order chi connectivity index (χ1) is 11.4. The third kappa shape index (κ3) is 4.13. The summed E-state index contributed by atoms with van der Waals surface area (Å²) in [5.41, 5.74) is 2.70. The van der Waals surface area contributed by atoms with E-state index in [-0.39, 0.29) is 17.7 Å². The summed E-state index contributed by atoms with van der Waals surface area (Å²) in [6.45, 7) is 5.53. The van der Waals surface area contributed by atoms with Crippen LogP contribution in [0.1, 0.15) is 29.8 Å². The summed E-state index contributed by atoms with van der Waals surface area (Å²) in [6.07, 6.45) is 0. The lowest BCUT2D eigenvalue weighted by atomic mass is 10.1. The number of benzene rings is 2. The number of carbonyl (C=O) groups is 2. The molecule has 0 spiro atoms. The van der Waals surface area contributed by atoms with E-state index in [0.717, 1.165) is 5.56 Å². The summed E-state index contributed by atoms with van der Waals surface area (Å²) >= 11 is 0. The van der Waals surface area contributed by atoms with Gasteiger partial charge in [-0.3, -0.25) is 9.59 Å². The number of rotatable bonds is 5. The largest absolute Gasteiger partial charge is 0.494 e. The lowest BCUT2D eigenvalue weighted by molar-refractivity contribution is -0.118. The van der Waals surface area contributed by atoms with Gasteiger partial charge < -0.3 is 15.4 Å². The van der Waals surface area contributed by atoms with Crippen molar-refractivity contribution in [3.05, 3.63) is 53.6 Å². The second-order valence-electron chi connectivity index (χ2n) is 5.83. The average molecular weight is 326 g/mol. The van der Waals surface area contributed by atoms with Gasteiger partial charge in [0.25, 0.3) is 5.91 Å². The van der Waals surface area contributed by atoms with Gasteiger partial charge in [-0.25, -0.2) is 0 Å². The van der Waals surface area contributed by atoms with Gasteiger partial charge >= 0.3 is 0 Å². The minimum atomic E-state index is -0.186. The zero-order valence-electron chi connectivity index (χ0n) is 14.3. The van der Waals surface area contributed by atoms with E-state index in [4.69, 9.17) is 4.74 Å². The summed E-state index contributed by atoms with van der Waals surface area (Å²) in [6, 6.07) is 12.5. The van der Waals surface area contributed by atoms with Crippen LogP contribution >= 0.6 is 0 Å². The third-order valence-electron chi connectivity index (χ3n) is 3.63. The Hall–Kier alpha value is -2.82. The van der Waals surface area contributed by atoms with Gasteiger partial charge in [-0.2, -0.15) is 0 Å². The highest BCUT2D eigenvalue weighted by atomic mass is 16.5. The van der Waals surface area contributed by atoms with Gasteiger partial charge in [-0.1, -0.05) is 32.0 Å². The van der Waals surface area contributed by atoms with Crippen molar-refractivity contribution in [1.29, 1.82) is 0 Å². The van der Waals surface area contributed by atoms with E-state index in [2.05, 4.69) is 10.6 Å². The van der Waals surface area contributed by atoms with Crippen molar-refractivity contribution in [2.24, 2.45) is 5.92 Å². The smallest absolute Gasteiger partial charge is 0.255 e. The van der Waals surface area contributed by atoms with Crippen LogP contribution in [-0.4, -0.2) is 18.9 Å². The highest BCUT2D eigenvalue weighted by Gasteiger charge is 2.13. The third-order valence-corrected chi connectivity index (χ3v) is 3.63. The number of anilines is 2. The van der Waals surface area contributed by atoms with E-state index >= 15 is 0 Å². The summed E-state index contributed by atoms with van der Waals surface area (Å²) in [5, 5.41) is 5.65. The first-order valence-electron chi connectivity index (χ1n) is 7.78. The fraction of sp³-hybridized carbons (Fsp3) is 0.263. The van der Waals surface area contributed by atoms with Gasteiger partial charge in [0.2, 0.25) is 5.91 Å². The van der Waals surface area contributed by atoms with Gasteiger partial charge in [-0.05, 0) is 30.7 Å². The standard InChI is InChI=1S/C19H22N2O3/c1-12(2)18(22)21-16-10-9-14(11-17(16)24-4)20-19(23)15-8-6-5-7-13(15)3/h5-12H,1-4H3,(H,20,23)(H,21,22). The molecule has 0 saturated carbocycles. The molecule has 2 aromatic rings. The topological polar surface area (TPSA) is 67.4 Å². The molecule has 0 aliphatic carbocycles. The first-order valence-corrected chi connectivity index (χ1v) is 7.78. The highest BCUT2D eigenvalue weighted by molar-refractivity contribution is 6.05. The quantitative estimate of drug-likeness (QED) is 0.877. The number of ether oxygens (including phenoxy) is 1. The molecular weight excluding hydrogens is 304 g/mol. The van der Waals surface area contributed by atoms with E-state index in [1.165, 1.54) is 7.11 Å². The molecule has 5 nitrogen and oxygen atoms in total. The van der Waals surface area contributed by atoms with E-state index < -0.39 is 0 Å². The monoisotopic (exact) mass is 326 g/mol.